The first-order chi connectivity index (χ1) is 27.0. The number of sulfonamides is 1. The second-order valence-corrected chi connectivity index (χ2v) is 16.2. The van der Waals surface area contributed by atoms with Crippen molar-refractivity contribution in [3.8, 4) is 22.8 Å². The Kier molecular flexibility index (Phi) is 13.0. The standard InChI is InChI=1S/C37H40N12O4S3/c1-5-47-35(27-17-19-31(39-23-27)46(2)3)49(44-37(47)55-25-33(51)41-29-14-10-7-11-15-29)21-20-48-34(26-16-18-30(38-22-26)45-56(4,52)53)42-43-36(48)54-24-32(50)40-28-12-8-6-9-13-28/h6-19,22-23H,5,20-21,24-25H2,1-4H3,(H2-,38,40,41,42,45,50,51)/p+1. The highest BCUT2D eigenvalue weighted by molar-refractivity contribution is 8.00. The van der Waals surface area contributed by atoms with Gasteiger partial charge in [0.05, 0.1) is 41.5 Å². The largest absolute Gasteiger partial charge is 0.363 e. The SMILES string of the molecule is CC[n+]1c(SCC(=O)Nc2ccccc2)nn(CCn2c(SCC(=O)Nc3ccccc3)nnc2-c2ccc(NS(C)(=O)=O)nc2)c1-c1ccc(N(C)C)nc1. The number of thioether (sulfide) groups is 2. The van der Waals surface area contributed by atoms with Gasteiger partial charge in [-0.25, -0.2) is 23.0 Å². The Hall–Kier alpha value is -5.79. The maximum absolute atomic E-state index is 13.0. The molecule has 0 saturated heterocycles. The van der Waals surface area contributed by atoms with E-state index in [1.54, 1.807) is 18.3 Å². The highest BCUT2D eigenvalue weighted by atomic mass is 32.2. The molecule has 6 rings (SSSR count). The Bertz CT molecular complexity index is 2370. The van der Waals surface area contributed by atoms with Gasteiger partial charge in [-0.15, -0.1) is 14.9 Å². The molecule has 290 valence electrons. The van der Waals surface area contributed by atoms with Gasteiger partial charge in [0.2, 0.25) is 21.8 Å². The number of carbonyl (C=O) groups is 2. The molecule has 0 spiro atoms. The van der Waals surface area contributed by atoms with Crippen LogP contribution in [0.15, 0.2) is 108 Å². The Labute approximate surface area is 333 Å². The molecule has 0 aliphatic heterocycles. The van der Waals surface area contributed by atoms with E-state index in [0.29, 0.717) is 52.7 Å². The van der Waals surface area contributed by atoms with E-state index < -0.39 is 10.0 Å². The number of benzene rings is 2. The van der Waals surface area contributed by atoms with Crippen LogP contribution in [0.2, 0.25) is 0 Å². The number of nitrogens with one attached hydrogen (secondary N) is 3. The van der Waals surface area contributed by atoms with E-state index in [2.05, 4.69) is 40.1 Å². The molecule has 19 heteroatoms. The van der Waals surface area contributed by atoms with E-state index in [4.69, 9.17) is 5.10 Å². The molecule has 0 atom stereocenters. The Balaban J connectivity index is 1.31. The summed E-state index contributed by atoms with van der Waals surface area (Å²) < 4.78 is 31.8. The number of hydrogen-bond acceptors (Lipinski definition) is 12. The van der Waals surface area contributed by atoms with Gasteiger partial charge in [0.15, 0.2) is 11.0 Å². The molecule has 0 aliphatic rings. The molecule has 0 unspecified atom stereocenters. The van der Waals surface area contributed by atoms with Crippen molar-refractivity contribution in [2.24, 2.45) is 0 Å². The van der Waals surface area contributed by atoms with E-state index in [9.17, 15) is 18.0 Å². The third kappa shape index (κ3) is 10.5. The van der Waals surface area contributed by atoms with Gasteiger partial charge in [-0.05, 0) is 67.2 Å². The van der Waals surface area contributed by atoms with Crippen molar-refractivity contribution in [1.82, 2.24) is 34.5 Å². The lowest BCUT2D eigenvalue weighted by molar-refractivity contribution is -0.719. The van der Waals surface area contributed by atoms with Crippen LogP contribution in [-0.2, 0) is 39.2 Å². The summed E-state index contributed by atoms with van der Waals surface area (Å²) in [7, 11) is 0.328. The molecule has 4 aromatic heterocycles. The topological polar surface area (TPSA) is 186 Å². The fourth-order valence-electron chi connectivity index (χ4n) is 5.55. The number of pyridine rings is 2. The van der Waals surface area contributed by atoms with Gasteiger partial charge in [0.25, 0.3) is 5.82 Å². The number of aryl methyl sites for hydroxylation is 1. The zero-order valence-corrected chi connectivity index (χ0v) is 33.6. The third-order valence-corrected chi connectivity index (χ3v) is 10.6. The summed E-state index contributed by atoms with van der Waals surface area (Å²) in [6.07, 6.45) is 4.38. The van der Waals surface area contributed by atoms with Gasteiger partial charge in [0, 0.05) is 43.4 Å². The molecular weight excluding hydrogens is 773 g/mol. The average molecular weight is 814 g/mol. The summed E-state index contributed by atoms with van der Waals surface area (Å²) in [5.41, 5.74) is 2.82. The van der Waals surface area contributed by atoms with Crippen LogP contribution in [0.1, 0.15) is 6.92 Å². The zero-order chi connectivity index (χ0) is 39.7. The van der Waals surface area contributed by atoms with E-state index >= 15 is 0 Å². The highest BCUT2D eigenvalue weighted by Gasteiger charge is 2.29. The third-order valence-electron chi connectivity index (χ3n) is 8.06. The predicted octanol–water partition coefficient (Wildman–Crippen LogP) is 4.51. The number of aromatic nitrogens is 8. The Morgan fingerprint density at radius 3 is 1.96 bits per heavy atom. The smallest absolute Gasteiger partial charge is 0.337 e. The molecule has 56 heavy (non-hydrogen) atoms. The molecule has 0 saturated carbocycles. The molecule has 6 aromatic rings. The molecule has 16 nitrogen and oxygen atoms in total. The van der Waals surface area contributed by atoms with E-state index in [1.165, 1.54) is 29.7 Å². The monoisotopic (exact) mass is 813 g/mol. The summed E-state index contributed by atoms with van der Waals surface area (Å²) in [4.78, 5) is 36.8. The van der Waals surface area contributed by atoms with Gasteiger partial charge < -0.3 is 15.5 Å². The average Bonchev–Trinajstić information content (AvgIpc) is 3.76. The van der Waals surface area contributed by atoms with Crippen LogP contribution >= 0.6 is 23.5 Å². The molecule has 2 amide bonds. The van der Waals surface area contributed by atoms with Crippen LogP contribution in [0.4, 0.5) is 23.0 Å². The Morgan fingerprint density at radius 2 is 1.41 bits per heavy atom. The van der Waals surface area contributed by atoms with E-state index in [-0.39, 0.29) is 29.1 Å². The van der Waals surface area contributed by atoms with Gasteiger partial charge in [0.1, 0.15) is 18.2 Å². The predicted molar refractivity (Wildman–Crippen MR) is 219 cm³/mol. The van der Waals surface area contributed by atoms with Crippen LogP contribution in [-0.4, -0.2) is 86.6 Å². The van der Waals surface area contributed by atoms with Gasteiger partial charge in [-0.2, -0.15) is 0 Å². The van der Waals surface area contributed by atoms with Crippen molar-refractivity contribution in [1.29, 1.82) is 0 Å². The van der Waals surface area contributed by atoms with Gasteiger partial charge >= 0.3 is 5.16 Å². The molecule has 2 aromatic carbocycles. The lowest BCUT2D eigenvalue weighted by atomic mass is 10.2. The van der Waals surface area contributed by atoms with Crippen molar-refractivity contribution in [2.75, 3.05) is 52.1 Å². The molecule has 3 N–H and O–H groups in total. The summed E-state index contributed by atoms with van der Waals surface area (Å²) in [5.74, 6) is 2.07. The van der Waals surface area contributed by atoms with Crippen molar-refractivity contribution >= 4 is 68.4 Å². The number of carbonyl (C=O) groups excluding carboxylic acids is 2. The number of anilines is 4. The fraction of sp³-hybridized carbons (Fsp3) is 0.243. The maximum atomic E-state index is 13.0. The molecule has 4 heterocycles. The van der Waals surface area contributed by atoms with Crippen LogP contribution in [0.5, 0.6) is 0 Å². The van der Waals surface area contributed by atoms with Crippen molar-refractivity contribution in [3.05, 3.63) is 97.3 Å². The first kappa shape index (κ1) is 39.9. The number of hydrogen-bond donors (Lipinski definition) is 3. The minimum absolute atomic E-state index is 0.0705. The van der Waals surface area contributed by atoms with Crippen molar-refractivity contribution in [3.63, 3.8) is 0 Å². The molecule has 0 radical (unpaired) electrons. The van der Waals surface area contributed by atoms with Crippen LogP contribution in [0, 0.1) is 0 Å². The van der Waals surface area contributed by atoms with Crippen LogP contribution in [0.3, 0.4) is 0 Å². The minimum Gasteiger partial charge on any atom is -0.363 e. The summed E-state index contributed by atoms with van der Waals surface area (Å²) in [6, 6.07) is 25.7. The maximum Gasteiger partial charge on any atom is 0.337 e. The number of para-hydroxylation sites is 2. The van der Waals surface area contributed by atoms with E-state index in [1.807, 2.05) is 108 Å². The van der Waals surface area contributed by atoms with Gasteiger partial charge in [-0.1, -0.05) is 48.2 Å². The van der Waals surface area contributed by atoms with E-state index in [0.717, 1.165) is 23.5 Å². The van der Waals surface area contributed by atoms with Crippen LogP contribution in [0.25, 0.3) is 22.8 Å². The summed E-state index contributed by atoms with van der Waals surface area (Å²) >= 11 is 2.57. The van der Waals surface area contributed by atoms with Crippen molar-refractivity contribution in [2.45, 2.75) is 36.9 Å². The molecule has 0 fully saturated rings. The molecule has 0 bridgehead atoms. The quantitative estimate of drug-likeness (QED) is 0.0867. The van der Waals surface area contributed by atoms with Crippen molar-refractivity contribution < 1.29 is 22.6 Å². The fourth-order valence-corrected chi connectivity index (χ4v) is 7.67. The molecule has 0 aliphatic carbocycles. The number of amides is 2. The molecular formula is C37H41N12O4S3+. The van der Waals surface area contributed by atoms with Crippen LogP contribution < -0.4 is 24.8 Å². The number of rotatable bonds is 17. The normalized spacial score (nSPS) is 11.3. The first-order valence-electron chi connectivity index (χ1n) is 17.4. The highest BCUT2D eigenvalue weighted by Crippen LogP contribution is 2.27. The zero-order valence-electron chi connectivity index (χ0n) is 31.2. The first-order valence-corrected chi connectivity index (χ1v) is 21.3. The lowest BCUT2D eigenvalue weighted by Crippen LogP contribution is -2.36. The minimum atomic E-state index is -3.53. The lowest BCUT2D eigenvalue weighted by Gasteiger charge is -2.12. The second kappa shape index (κ2) is 18.2. The Morgan fingerprint density at radius 1 is 0.786 bits per heavy atom. The second-order valence-electron chi connectivity index (χ2n) is 12.5. The summed E-state index contributed by atoms with van der Waals surface area (Å²) in [5, 5.41) is 20.9. The summed E-state index contributed by atoms with van der Waals surface area (Å²) in [6.45, 7) is 3.27. The van der Waals surface area contributed by atoms with Gasteiger partial charge in [-0.3, -0.25) is 18.9 Å². The number of nitrogens with zero attached hydrogens (tertiary/aromatic N) is 9.